The van der Waals surface area contributed by atoms with Crippen molar-refractivity contribution in [2.24, 2.45) is 0 Å². The quantitative estimate of drug-likeness (QED) is 0.448. The van der Waals surface area contributed by atoms with Crippen LogP contribution < -0.4 is 0 Å². The van der Waals surface area contributed by atoms with E-state index in [9.17, 15) is 0 Å². The normalized spacial score (nSPS) is 11.1. The summed E-state index contributed by atoms with van der Waals surface area (Å²) in [4.78, 5) is 8.84. The van der Waals surface area contributed by atoms with Crippen LogP contribution in [0.5, 0.6) is 0 Å². The Morgan fingerprint density at radius 3 is 2.48 bits per heavy atom. The fraction of sp³-hybridized carbons (Fsp3) is 0. The van der Waals surface area contributed by atoms with Gasteiger partial charge in [0.25, 0.3) is 5.78 Å². The number of nitrogens with zero attached hydrogens (tertiary/aromatic N) is 8. The lowest BCUT2D eigenvalue weighted by Crippen LogP contribution is -2.01. The first-order chi connectivity index (χ1) is 13.4. The number of tetrazole rings is 1. The number of hydrogen-bond acceptors (Lipinski definition) is 7. The molecule has 9 heteroatoms. The molecule has 0 saturated carbocycles. The molecule has 0 saturated heterocycles. The molecule has 130 valence electrons. The zero-order valence-corrected chi connectivity index (χ0v) is 14.7. The van der Waals surface area contributed by atoms with Gasteiger partial charge in [0.15, 0.2) is 0 Å². The summed E-state index contributed by atoms with van der Waals surface area (Å²) in [5.41, 5.74) is 2.71. The van der Waals surface area contributed by atoms with E-state index < -0.39 is 0 Å². The number of benzene rings is 2. The van der Waals surface area contributed by atoms with Crippen LogP contribution in [-0.4, -0.2) is 39.8 Å². The molecule has 0 radical (unpaired) electrons. The van der Waals surface area contributed by atoms with Crippen molar-refractivity contribution in [2.45, 2.75) is 10.2 Å². The van der Waals surface area contributed by atoms with Crippen LogP contribution in [0.2, 0.25) is 0 Å². The van der Waals surface area contributed by atoms with Crippen LogP contribution in [0.4, 0.5) is 0 Å². The van der Waals surface area contributed by atoms with E-state index in [0.717, 1.165) is 22.0 Å². The molecule has 0 aliphatic carbocycles. The lowest BCUT2D eigenvalue weighted by molar-refractivity contribution is 0.753. The van der Waals surface area contributed by atoms with Gasteiger partial charge in [-0.3, -0.25) is 0 Å². The summed E-state index contributed by atoms with van der Waals surface area (Å²) in [5, 5.41) is 17.8. The SMILES string of the molecule is c1ccc(-c2cc(Sc3nnnn3-c3ccccc3)n3ncnc3n2)cc1. The molecule has 0 fully saturated rings. The molecule has 2 aromatic carbocycles. The number of rotatable bonds is 4. The molecule has 0 spiro atoms. The summed E-state index contributed by atoms with van der Waals surface area (Å²) in [5.74, 6) is 0.526. The molecular formula is C18H12N8S. The van der Waals surface area contributed by atoms with Gasteiger partial charge in [0.1, 0.15) is 11.4 Å². The molecule has 0 bridgehead atoms. The highest BCUT2D eigenvalue weighted by molar-refractivity contribution is 7.99. The summed E-state index contributed by atoms with van der Waals surface area (Å²) >= 11 is 1.41. The van der Waals surface area contributed by atoms with Crippen LogP contribution in [0.15, 0.2) is 83.2 Å². The number of aromatic nitrogens is 8. The largest absolute Gasteiger partial charge is 0.253 e. The predicted octanol–water partition coefficient (Wildman–Crippen LogP) is 2.92. The van der Waals surface area contributed by atoms with E-state index in [1.165, 1.54) is 18.1 Å². The summed E-state index contributed by atoms with van der Waals surface area (Å²) in [7, 11) is 0. The summed E-state index contributed by atoms with van der Waals surface area (Å²) in [6.45, 7) is 0. The molecule has 3 aromatic heterocycles. The topological polar surface area (TPSA) is 86.7 Å². The van der Waals surface area contributed by atoms with E-state index in [4.69, 9.17) is 0 Å². The Hall–Kier alpha value is -3.59. The third-order valence-electron chi connectivity index (χ3n) is 3.93. The molecule has 27 heavy (non-hydrogen) atoms. The van der Waals surface area contributed by atoms with Gasteiger partial charge in [-0.2, -0.15) is 19.3 Å². The molecule has 5 rings (SSSR count). The highest BCUT2D eigenvalue weighted by Crippen LogP contribution is 2.29. The lowest BCUT2D eigenvalue weighted by Gasteiger charge is -2.07. The van der Waals surface area contributed by atoms with E-state index in [1.54, 1.807) is 9.20 Å². The van der Waals surface area contributed by atoms with Crippen molar-refractivity contribution in [3.63, 3.8) is 0 Å². The molecule has 5 aromatic rings. The van der Waals surface area contributed by atoms with Crippen molar-refractivity contribution >= 4 is 17.5 Å². The van der Waals surface area contributed by atoms with Gasteiger partial charge < -0.3 is 0 Å². The Bertz CT molecular complexity index is 1200. The maximum Gasteiger partial charge on any atom is 0.253 e. The number of para-hydroxylation sites is 1. The first kappa shape index (κ1) is 15.6. The molecule has 0 atom stereocenters. The van der Waals surface area contributed by atoms with Gasteiger partial charge in [0.05, 0.1) is 11.4 Å². The molecule has 8 nitrogen and oxygen atoms in total. The Kier molecular flexibility index (Phi) is 3.83. The summed E-state index contributed by atoms with van der Waals surface area (Å²) in [6.07, 6.45) is 1.49. The van der Waals surface area contributed by atoms with Crippen LogP contribution >= 0.6 is 11.8 Å². The minimum Gasteiger partial charge on any atom is -0.211 e. The second kappa shape index (κ2) is 6.61. The fourth-order valence-electron chi connectivity index (χ4n) is 2.68. The van der Waals surface area contributed by atoms with Crippen LogP contribution in [0.1, 0.15) is 0 Å². The zero-order chi connectivity index (χ0) is 18.1. The maximum atomic E-state index is 4.59. The van der Waals surface area contributed by atoms with Crippen LogP contribution in [0.25, 0.3) is 22.7 Å². The third-order valence-corrected chi connectivity index (χ3v) is 4.86. The lowest BCUT2D eigenvalue weighted by atomic mass is 10.1. The fourth-order valence-corrected chi connectivity index (χ4v) is 3.56. The van der Waals surface area contributed by atoms with Crippen molar-refractivity contribution in [1.82, 2.24) is 39.8 Å². The van der Waals surface area contributed by atoms with Crippen LogP contribution in [0.3, 0.4) is 0 Å². The highest BCUT2D eigenvalue weighted by Gasteiger charge is 2.15. The smallest absolute Gasteiger partial charge is 0.211 e. The predicted molar refractivity (Wildman–Crippen MR) is 99.5 cm³/mol. The molecule has 0 aliphatic heterocycles. The van der Waals surface area contributed by atoms with Crippen molar-refractivity contribution in [3.05, 3.63) is 73.1 Å². The molecule has 0 amide bonds. The molecule has 0 N–H and O–H groups in total. The maximum absolute atomic E-state index is 4.59. The summed E-state index contributed by atoms with van der Waals surface area (Å²) in [6, 6.07) is 21.7. The minimum atomic E-state index is 0.526. The van der Waals surface area contributed by atoms with E-state index in [-0.39, 0.29) is 0 Å². The number of fused-ring (bicyclic) bond motifs is 1. The van der Waals surface area contributed by atoms with Gasteiger partial charge >= 0.3 is 0 Å². The van der Waals surface area contributed by atoms with Crippen molar-refractivity contribution in [2.75, 3.05) is 0 Å². The average Bonchev–Trinajstić information content (AvgIpc) is 3.39. The van der Waals surface area contributed by atoms with Gasteiger partial charge in [-0.25, -0.2) is 4.98 Å². The molecule has 3 heterocycles. The molecule has 0 unspecified atom stereocenters. The van der Waals surface area contributed by atoms with Gasteiger partial charge in [0, 0.05) is 5.56 Å². The second-order valence-corrected chi connectivity index (χ2v) is 6.62. The van der Waals surface area contributed by atoms with Gasteiger partial charge in [-0.1, -0.05) is 48.5 Å². The standard InChI is InChI=1S/C18H12N8S/c1-3-7-13(8-4-1)15-11-16(26-17(21-15)19-12-20-26)27-18-22-23-24-25(18)14-9-5-2-6-10-14/h1-12H. The van der Waals surface area contributed by atoms with E-state index in [1.807, 2.05) is 66.7 Å². The van der Waals surface area contributed by atoms with Gasteiger partial charge in [0.2, 0.25) is 5.16 Å². The summed E-state index contributed by atoms with van der Waals surface area (Å²) < 4.78 is 3.37. The van der Waals surface area contributed by atoms with Crippen LogP contribution in [-0.2, 0) is 0 Å². The van der Waals surface area contributed by atoms with E-state index in [0.29, 0.717) is 10.9 Å². The average molecular weight is 372 g/mol. The highest BCUT2D eigenvalue weighted by atomic mass is 32.2. The third kappa shape index (κ3) is 2.93. The van der Waals surface area contributed by atoms with Gasteiger partial charge in [-0.15, -0.1) is 5.10 Å². The Labute approximate surface area is 157 Å². The van der Waals surface area contributed by atoms with Crippen molar-refractivity contribution < 1.29 is 0 Å². The van der Waals surface area contributed by atoms with E-state index >= 15 is 0 Å². The van der Waals surface area contributed by atoms with Crippen LogP contribution in [0, 0.1) is 0 Å². The molecular weight excluding hydrogens is 360 g/mol. The monoisotopic (exact) mass is 372 g/mol. The van der Waals surface area contributed by atoms with E-state index in [2.05, 4.69) is 30.6 Å². The Balaban J connectivity index is 1.60. The molecule has 0 aliphatic rings. The van der Waals surface area contributed by atoms with Gasteiger partial charge in [-0.05, 0) is 40.4 Å². The Morgan fingerprint density at radius 2 is 1.67 bits per heavy atom. The first-order valence-electron chi connectivity index (χ1n) is 8.16. The second-order valence-electron chi connectivity index (χ2n) is 5.63. The number of hydrogen-bond donors (Lipinski definition) is 0. The Morgan fingerprint density at radius 1 is 0.889 bits per heavy atom. The van der Waals surface area contributed by atoms with Crippen molar-refractivity contribution in [3.8, 4) is 16.9 Å². The van der Waals surface area contributed by atoms with Crippen molar-refractivity contribution in [1.29, 1.82) is 0 Å². The first-order valence-corrected chi connectivity index (χ1v) is 8.98. The minimum absolute atomic E-state index is 0.526. The zero-order valence-electron chi connectivity index (χ0n) is 13.9.